The van der Waals surface area contributed by atoms with Crippen LogP contribution in [-0.2, 0) is 0 Å². The van der Waals surface area contributed by atoms with Gasteiger partial charge >= 0.3 is 0 Å². The predicted molar refractivity (Wildman–Crippen MR) is 67.8 cm³/mol. The van der Waals surface area contributed by atoms with Crippen LogP contribution in [0.2, 0.25) is 5.15 Å². The molecule has 0 aliphatic heterocycles. The number of benzene rings is 1. The van der Waals surface area contributed by atoms with Gasteiger partial charge in [-0.2, -0.15) is 0 Å². The number of hydrogen-bond acceptors (Lipinski definition) is 3. The Labute approximate surface area is 106 Å². The number of rotatable bonds is 1. The molecule has 0 aliphatic rings. The minimum Gasteiger partial charge on any atom is -0.236 e. The van der Waals surface area contributed by atoms with Crippen molar-refractivity contribution in [3.8, 4) is 11.4 Å². The van der Waals surface area contributed by atoms with Gasteiger partial charge in [0, 0.05) is 22.5 Å². The molecule has 0 unspecified atom stereocenters. The zero-order valence-electron chi connectivity index (χ0n) is 8.52. The van der Waals surface area contributed by atoms with Crippen LogP contribution in [0.15, 0.2) is 35.8 Å². The summed E-state index contributed by atoms with van der Waals surface area (Å²) >= 11 is 7.17. The highest BCUT2D eigenvalue weighted by atomic mass is 35.5. The van der Waals surface area contributed by atoms with E-state index in [9.17, 15) is 4.39 Å². The topological polar surface area (TPSA) is 25.8 Å². The Bertz CT molecular complexity index is 696. The Hall–Kier alpha value is -1.52. The Balaban J connectivity index is 2.28. The summed E-state index contributed by atoms with van der Waals surface area (Å²) in [6, 6.07) is 6.59. The number of thiophene rings is 1. The lowest BCUT2D eigenvalue weighted by atomic mass is 10.1. The number of halogens is 2. The fourth-order valence-corrected chi connectivity index (χ4v) is 2.75. The molecule has 0 aliphatic carbocycles. The maximum Gasteiger partial charge on any atom is 0.162 e. The monoisotopic (exact) mass is 264 g/mol. The van der Waals surface area contributed by atoms with E-state index in [1.165, 1.54) is 17.4 Å². The molecule has 2 nitrogen and oxygen atoms in total. The zero-order valence-corrected chi connectivity index (χ0v) is 10.1. The minimum absolute atomic E-state index is 0.222. The van der Waals surface area contributed by atoms with Crippen molar-refractivity contribution < 1.29 is 4.39 Å². The Morgan fingerprint density at radius 1 is 1.24 bits per heavy atom. The van der Waals surface area contributed by atoms with Crippen molar-refractivity contribution in [1.29, 1.82) is 0 Å². The molecule has 0 saturated heterocycles. The Kier molecular flexibility index (Phi) is 2.53. The first-order valence-electron chi connectivity index (χ1n) is 4.90. The number of fused-ring (bicyclic) bond motifs is 1. The third kappa shape index (κ3) is 1.79. The van der Waals surface area contributed by atoms with Crippen molar-refractivity contribution in [2.45, 2.75) is 0 Å². The second kappa shape index (κ2) is 4.05. The zero-order chi connectivity index (χ0) is 11.8. The third-order valence-electron chi connectivity index (χ3n) is 2.41. The van der Waals surface area contributed by atoms with Crippen LogP contribution < -0.4 is 0 Å². The molecule has 0 amide bonds. The van der Waals surface area contributed by atoms with E-state index in [2.05, 4.69) is 9.97 Å². The predicted octanol–water partition coefficient (Wildman–Crippen LogP) is 4.15. The minimum atomic E-state index is -0.222. The molecule has 0 N–H and O–H groups in total. The van der Waals surface area contributed by atoms with E-state index in [0.29, 0.717) is 15.7 Å². The van der Waals surface area contributed by atoms with Crippen molar-refractivity contribution in [2.75, 3.05) is 0 Å². The SMILES string of the molecule is Fc1cccc2c(-c3nccc(Cl)n3)csc12. The molecule has 0 radical (unpaired) electrons. The van der Waals surface area contributed by atoms with E-state index >= 15 is 0 Å². The summed E-state index contributed by atoms with van der Waals surface area (Å²) in [7, 11) is 0. The molecular weight excluding hydrogens is 259 g/mol. The van der Waals surface area contributed by atoms with Crippen LogP contribution >= 0.6 is 22.9 Å². The van der Waals surface area contributed by atoms with Gasteiger partial charge in [-0.25, -0.2) is 14.4 Å². The van der Waals surface area contributed by atoms with Crippen LogP contribution in [0.4, 0.5) is 4.39 Å². The van der Waals surface area contributed by atoms with E-state index in [1.807, 2.05) is 11.4 Å². The maximum atomic E-state index is 13.5. The van der Waals surface area contributed by atoms with Crippen LogP contribution in [0.1, 0.15) is 0 Å². The molecular formula is C12H6ClFN2S. The summed E-state index contributed by atoms with van der Waals surface area (Å²) in [6.45, 7) is 0. The lowest BCUT2D eigenvalue weighted by Crippen LogP contribution is -1.87. The van der Waals surface area contributed by atoms with Crippen molar-refractivity contribution in [1.82, 2.24) is 9.97 Å². The smallest absolute Gasteiger partial charge is 0.162 e. The van der Waals surface area contributed by atoms with E-state index < -0.39 is 0 Å². The van der Waals surface area contributed by atoms with E-state index in [-0.39, 0.29) is 5.82 Å². The number of aromatic nitrogens is 2. The molecule has 3 rings (SSSR count). The molecule has 84 valence electrons. The molecule has 0 atom stereocenters. The normalized spacial score (nSPS) is 10.9. The van der Waals surface area contributed by atoms with E-state index in [0.717, 1.165) is 10.9 Å². The van der Waals surface area contributed by atoms with Gasteiger partial charge < -0.3 is 0 Å². The molecule has 2 heterocycles. The molecule has 1 aromatic carbocycles. The highest BCUT2D eigenvalue weighted by Crippen LogP contribution is 2.33. The highest BCUT2D eigenvalue weighted by molar-refractivity contribution is 7.17. The quantitative estimate of drug-likeness (QED) is 0.617. The molecule has 2 aromatic heterocycles. The van der Waals surface area contributed by atoms with Gasteiger partial charge in [-0.15, -0.1) is 11.3 Å². The Morgan fingerprint density at radius 3 is 2.94 bits per heavy atom. The highest BCUT2D eigenvalue weighted by Gasteiger charge is 2.11. The third-order valence-corrected chi connectivity index (χ3v) is 3.63. The van der Waals surface area contributed by atoms with Gasteiger partial charge in [0.05, 0.1) is 4.70 Å². The summed E-state index contributed by atoms with van der Waals surface area (Å²) in [5.74, 6) is 0.301. The van der Waals surface area contributed by atoms with Gasteiger partial charge in [0.2, 0.25) is 0 Å². The van der Waals surface area contributed by atoms with Crippen LogP contribution in [0.25, 0.3) is 21.5 Å². The standard InChI is InChI=1S/C12H6ClFN2S/c13-10-4-5-15-12(16-10)8-6-17-11-7(8)2-1-3-9(11)14/h1-6H. The second-order valence-corrected chi connectivity index (χ2v) is 4.74. The van der Waals surface area contributed by atoms with Gasteiger partial charge in [0.25, 0.3) is 0 Å². The van der Waals surface area contributed by atoms with Gasteiger partial charge in [-0.1, -0.05) is 23.7 Å². The van der Waals surface area contributed by atoms with E-state index in [1.54, 1.807) is 18.3 Å². The number of hydrogen-bond donors (Lipinski definition) is 0. The Morgan fingerprint density at radius 2 is 2.12 bits per heavy atom. The van der Waals surface area contributed by atoms with Gasteiger partial charge in [-0.05, 0) is 12.1 Å². The van der Waals surface area contributed by atoms with Gasteiger partial charge in [-0.3, -0.25) is 0 Å². The van der Waals surface area contributed by atoms with Crippen molar-refractivity contribution in [3.05, 3.63) is 46.8 Å². The molecule has 17 heavy (non-hydrogen) atoms. The lowest BCUT2D eigenvalue weighted by Gasteiger charge is -1.98. The van der Waals surface area contributed by atoms with Crippen molar-refractivity contribution >= 4 is 33.0 Å². The average molecular weight is 265 g/mol. The largest absolute Gasteiger partial charge is 0.236 e. The van der Waals surface area contributed by atoms with Crippen LogP contribution in [0.3, 0.4) is 0 Å². The van der Waals surface area contributed by atoms with Crippen molar-refractivity contribution in [3.63, 3.8) is 0 Å². The first-order valence-corrected chi connectivity index (χ1v) is 6.16. The maximum absolute atomic E-state index is 13.5. The summed E-state index contributed by atoms with van der Waals surface area (Å²) < 4.78 is 14.2. The summed E-state index contributed by atoms with van der Waals surface area (Å²) in [6.07, 6.45) is 1.59. The molecule has 0 bridgehead atoms. The van der Waals surface area contributed by atoms with Gasteiger partial charge in [0.1, 0.15) is 11.0 Å². The fourth-order valence-electron chi connectivity index (χ4n) is 1.66. The van der Waals surface area contributed by atoms with Crippen LogP contribution in [0, 0.1) is 5.82 Å². The second-order valence-electron chi connectivity index (χ2n) is 3.47. The summed E-state index contributed by atoms with van der Waals surface area (Å²) in [5.41, 5.74) is 0.812. The van der Waals surface area contributed by atoms with Gasteiger partial charge in [0.15, 0.2) is 5.82 Å². The van der Waals surface area contributed by atoms with Crippen molar-refractivity contribution in [2.24, 2.45) is 0 Å². The first kappa shape index (κ1) is 10.6. The van der Waals surface area contributed by atoms with E-state index in [4.69, 9.17) is 11.6 Å². The summed E-state index contributed by atoms with van der Waals surface area (Å²) in [4.78, 5) is 8.28. The molecule has 3 aromatic rings. The molecule has 0 fully saturated rings. The fraction of sp³-hybridized carbons (Fsp3) is 0. The molecule has 0 saturated carbocycles. The number of nitrogens with zero attached hydrogens (tertiary/aromatic N) is 2. The molecule has 0 spiro atoms. The summed E-state index contributed by atoms with van der Waals surface area (Å²) in [5, 5.41) is 3.04. The van der Waals surface area contributed by atoms with Crippen LogP contribution in [0.5, 0.6) is 0 Å². The van der Waals surface area contributed by atoms with Crippen LogP contribution in [-0.4, -0.2) is 9.97 Å². The molecule has 5 heteroatoms. The lowest BCUT2D eigenvalue weighted by molar-refractivity contribution is 0.642. The average Bonchev–Trinajstić information content (AvgIpc) is 2.74. The first-order chi connectivity index (χ1) is 8.25.